The van der Waals surface area contributed by atoms with Crippen molar-refractivity contribution in [2.75, 3.05) is 33.1 Å². The van der Waals surface area contributed by atoms with E-state index in [1.807, 2.05) is 32.0 Å². The van der Waals surface area contributed by atoms with Gasteiger partial charge < -0.3 is 25.4 Å². The average Bonchev–Trinajstić information content (AvgIpc) is 2.52. The van der Waals surface area contributed by atoms with Crippen LogP contribution in [0, 0.1) is 0 Å². The Bertz CT molecular complexity index is 550. The Kier molecular flexibility index (Phi) is 10.9. The minimum absolute atomic E-state index is 0. The van der Waals surface area contributed by atoms with E-state index in [0.717, 1.165) is 5.69 Å². The maximum Gasteiger partial charge on any atom is 0.221 e. The number of halogens is 1. The number of nitrogens with one attached hydrogen (secondary N) is 3. The fourth-order valence-electron chi connectivity index (χ4n) is 1.92. The molecule has 0 saturated heterocycles. The molecule has 0 heterocycles. The first-order chi connectivity index (χ1) is 11.0. The number of carbonyl (C=O) groups excluding carboxylic acids is 1. The molecule has 0 aliphatic heterocycles. The van der Waals surface area contributed by atoms with Gasteiger partial charge in [0.2, 0.25) is 5.91 Å². The van der Waals surface area contributed by atoms with Gasteiger partial charge in [0.1, 0.15) is 0 Å². The molecule has 3 N–H and O–H groups in total. The molecular weight excluding hydrogens is 423 g/mol. The van der Waals surface area contributed by atoms with Crippen molar-refractivity contribution >= 4 is 41.5 Å². The lowest BCUT2D eigenvalue weighted by Gasteiger charge is -2.14. The molecule has 0 unspecified atom stereocenters. The van der Waals surface area contributed by atoms with E-state index in [-0.39, 0.29) is 35.9 Å². The second-order valence-electron chi connectivity index (χ2n) is 5.17. The second kappa shape index (κ2) is 11.8. The second-order valence-corrected chi connectivity index (χ2v) is 5.17. The van der Waals surface area contributed by atoms with Gasteiger partial charge in [-0.15, -0.1) is 24.0 Å². The fourth-order valence-corrected chi connectivity index (χ4v) is 1.92. The molecule has 1 aromatic rings. The van der Waals surface area contributed by atoms with Gasteiger partial charge in [-0.3, -0.25) is 9.79 Å². The van der Waals surface area contributed by atoms with Gasteiger partial charge in [0.15, 0.2) is 17.5 Å². The molecule has 0 saturated carbocycles. The van der Waals surface area contributed by atoms with Crippen LogP contribution in [0.4, 0.5) is 5.69 Å². The van der Waals surface area contributed by atoms with Crippen LogP contribution >= 0.6 is 24.0 Å². The Balaban J connectivity index is 0.00000529. The summed E-state index contributed by atoms with van der Waals surface area (Å²) < 4.78 is 10.5. The molecule has 1 amide bonds. The van der Waals surface area contributed by atoms with Crippen LogP contribution in [0.15, 0.2) is 23.2 Å². The molecule has 136 valence electrons. The predicted octanol–water partition coefficient (Wildman–Crippen LogP) is 2.22. The van der Waals surface area contributed by atoms with Crippen LogP contribution in [0.1, 0.15) is 20.3 Å². The number of guanidine groups is 1. The summed E-state index contributed by atoms with van der Waals surface area (Å²) in [6, 6.07) is 5.63. The summed E-state index contributed by atoms with van der Waals surface area (Å²) in [4.78, 5) is 15.7. The van der Waals surface area contributed by atoms with Gasteiger partial charge in [-0.05, 0) is 26.0 Å². The van der Waals surface area contributed by atoms with Gasteiger partial charge >= 0.3 is 0 Å². The monoisotopic (exact) mass is 450 g/mol. The molecule has 1 aromatic carbocycles. The van der Waals surface area contributed by atoms with Gasteiger partial charge in [-0.1, -0.05) is 0 Å². The first-order valence-corrected chi connectivity index (χ1v) is 7.49. The Morgan fingerprint density at radius 2 is 1.88 bits per heavy atom. The normalized spacial score (nSPS) is 10.7. The molecule has 0 aliphatic rings. The van der Waals surface area contributed by atoms with Crippen molar-refractivity contribution < 1.29 is 14.3 Å². The Morgan fingerprint density at radius 1 is 1.21 bits per heavy atom. The van der Waals surface area contributed by atoms with Crippen molar-refractivity contribution in [1.29, 1.82) is 0 Å². The van der Waals surface area contributed by atoms with E-state index in [2.05, 4.69) is 20.9 Å². The van der Waals surface area contributed by atoms with Gasteiger partial charge in [0.25, 0.3) is 0 Å². The molecular formula is C16H27IN4O3. The zero-order valence-corrected chi connectivity index (χ0v) is 17.1. The Morgan fingerprint density at radius 3 is 2.42 bits per heavy atom. The van der Waals surface area contributed by atoms with Crippen molar-refractivity contribution in [3.63, 3.8) is 0 Å². The molecule has 0 bridgehead atoms. The van der Waals surface area contributed by atoms with E-state index in [4.69, 9.17) is 9.47 Å². The molecule has 7 nitrogen and oxygen atoms in total. The first kappa shape index (κ1) is 22.3. The molecule has 1 rings (SSSR count). The van der Waals surface area contributed by atoms with E-state index >= 15 is 0 Å². The largest absolute Gasteiger partial charge is 0.493 e. The van der Waals surface area contributed by atoms with Crippen LogP contribution < -0.4 is 25.4 Å². The minimum Gasteiger partial charge on any atom is -0.493 e. The SMILES string of the molecule is CN=C(NCCC(=O)NC(C)C)Nc1ccc(OC)c(OC)c1.I. The number of hydrogen-bond donors (Lipinski definition) is 3. The van der Waals surface area contributed by atoms with Crippen LogP contribution in [-0.4, -0.2) is 45.7 Å². The van der Waals surface area contributed by atoms with Crippen LogP contribution in [-0.2, 0) is 4.79 Å². The predicted molar refractivity (Wildman–Crippen MR) is 108 cm³/mol. The summed E-state index contributed by atoms with van der Waals surface area (Å²) in [6.07, 6.45) is 0.380. The summed E-state index contributed by atoms with van der Waals surface area (Å²) in [5, 5.41) is 9.08. The van der Waals surface area contributed by atoms with Gasteiger partial charge in [-0.2, -0.15) is 0 Å². The van der Waals surface area contributed by atoms with Crippen LogP contribution in [0.5, 0.6) is 11.5 Å². The number of methoxy groups -OCH3 is 2. The standard InChI is InChI=1S/C16H26N4O3.HI/c1-11(2)19-15(21)8-9-18-16(17-3)20-12-6-7-13(22-4)14(10-12)23-5;/h6-7,10-11H,8-9H2,1-5H3,(H,19,21)(H2,17,18,20);1H. The smallest absolute Gasteiger partial charge is 0.221 e. The van der Waals surface area contributed by atoms with E-state index in [1.165, 1.54) is 0 Å². The molecule has 0 atom stereocenters. The molecule has 0 spiro atoms. The fraction of sp³-hybridized carbons (Fsp3) is 0.500. The maximum absolute atomic E-state index is 11.6. The highest BCUT2D eigenvalue weighted by atomic mass is 127. The van der Waals surface area contributed by atoms with E-state index < -0.39 is 0 Å². The molecule has 0 aliphatic carbocycles. The molecule has 24 heavy (non-hydrogen) atoms. The summed E-state index contributed by atoms with van der Waals surface area (Å²) in [5.74, 6) is 1.87. The third kappa shape index (κ3) is 7.71. The van der Waals surface area contributed by atoms with E-state index in [9.17, 15) is 4.79 Å². The number of hydrogen-bond acceptors (Lipinski definition) is 4. The zero-order valence-electron chi connectivity index (χ0n) is 14.8. The van der Waals surface area contributed by atoms with Crippen molar-refractivity contribution in [1.82, 2.24) is 10.6 Å². The van der Waals surface area contributed by atoms with Crippen molar-refractivity contribution in [3.05, 3.63) is 18.2 Å². The van der Waals surface area contributed by atoms with Gasteiger partial charge in [-0.25, -0.2) is 0 Å². The number of rotatable bonds is 7. The van der Waals surface area contributed by atoms with Gasteiger partial charge in [0, 0.05) is 37.8 Å². The van der Waals surface area contributed by atoms with Crippen LogP contribution in [0.2, 0.25) is 0 Å². The molecule has 8 heteroatoms. The topological polar surface area (TPSA) is 84.0 Å². The van der Waals surface area contributed by atoms with Crippen molar-refractivity contribution in [2.45, 2.75) is 26.3 Å². The lowest BCUT2D eigenvalue weighted by atomic mass is 10.2. The maximum atomic E-state index is 11.6. The van der Waals surface area contributed by atoms with Crippen LogP contribution in [0.25, 0.3) is 0 Å². The number of nitrogens with zero attached hydrogens (tertiary/aromatic N) is 1. The van der Waals surface area contributed by atoms with Gasteiger partial charge in [0.05, 0.1) is 14.2 Å². The van der Waals surface area contributed by atoms with Crippen molar-refractivity contribution in [2.24, 2.45) is 4.99 Å². The minimum atomic E-state index is 0. The van der Waals surface area contributed by atoms with E-state index in [0.29, 0.717) is 30.4 Å². The summed E-state index contributed by atoms with van der Waals surface area (Å²) in [6.45, 7) is 4.36. The zero-order chi connectivity index (χ0) is 17.2. The lowest BCUT2D eigenvalue weighted by molar-refractivity contribution is -0.121. The molecule has 0 fully saturated rings. The average molecular weight is 450 g/mol. The number of ether oxygens (including phenoxy) is 2. The van der Waals surface area contributed by atoms with Crippen molar-refractivity contribution in [3.8, 4) is 11.5 Å². The highest BCUT2D eigenvalue weighted by Crippen LogP contribution is 2.29. The number of amides is 1. The Labute approximate surface area is 160 Å². The summed E-state index contributed by atoms with van der Waals surface area (Å²) in [5.41, 5.74) is 0.808. The third-order valence-corrected chi connectivity index (χ3v) is 2.96. The summed E-state index contributed by atoms with van der Waals surface area (Å²) >= 11 is 0. The molecule has 0 aromatic heterocycles. The number of anilines is 1. The third-order valence-electron chi connectivity index (χ3n) is 2.96. The van der Waals surface area contributed by atoms with E-state index in [1.54, 1.807) is 21.3 Å². The highest BCUT2D eigenvalue weighted by molar-refractivity contribution is 14.0. The number of carbonyl (C=O) groups is 1. The number of benzene rings is 1. The number of aliphatic imine (C=N–C) groups is 1. The first-order valence-electron chi connectivity index (χ1n) is 7.49. The molecule has 0 radical (unpaired) electrons. The quantitative estimate of drug-likeness (QED) is 0.337. The van der Waals surface area contributed by atoms with Crippen LogP contribution in [0.3, 0.4) is 0 Å². The lowest BCUT2D eigenvalue weighted by Crippen LogP contribution is -2.36. The highest BCUT2D eigenvalue weighted by Gasteiger charge is 2.07. The summed E-state index contributed by atoms with van der Waals surface area (Å²) in [7, 11) is 4.85. The Hall–Kier alpha value is -1.71.